The lowest BCUT2D eigenvalue weighted by Crippen LogP contribution is -2.14. The van der Waals surface area contributed by atoms with Crippen LogP contribution in [0.2, 0.25) is 0 Å². The summed E-state index contributed by atoms with van der Waals surface area (Å²) in [5.74, 6) is 0.455. The highest BCUT2D eigenvalue weighted by Gasteiger charge is 2.10. The van der Waals surface area contributed by atoms with Crippen LogP contribution in [0, 0.1) is 6.92 Å². The van der Waals surface area contributed by atoms with Gasteiger partial charge in [-0.15, -0.1) is 0 Å². The maximum absolute atomic E-state index is 12.6. The zero-order valence-corrected chi connectivity index (χ0v) is 19.2. The molecule has 4 aromatic rings. The van der Waals surface area contributed by atoms with Crippen LogP contribution in [-0.4, -0.2) is 30.5 Å². The first-order chi connectivity index (χ1) is 15.3. The molecule has 164 valence electrons. The topological polar surface area (TPSA) is 104 Å². The van der Waals surface area contributed by atoms with Crippen LogP contribution in [0.3, 0.4) is 0 Å². The summed E-state index contributed by atoms with van der Waals surface area (Å²) in [7, 11) is -3.41. The van der Waals surface area contributed by atoms with Crippen LogP contribution in [0.1, 0.15) is 21.5 Å². The van der Waals surface area contributed by atoms with E-state index in [1.54, 1.807) is 49.0 Å². The molecule has 0 aliphatic heterocycles. The quantitative estimate of drug-likeness (QED) is 0.340. The van der Waals surface area contributed by atoms with Gasteiger partial charge in [-0.25, -0.2) is 13.4 Å². The van der Waals surface area contributed by atoms with Crippen molar-refractivity contribution in [1.29, 1.82) is 0 Å². The minimum Gasteiger partial charge on any atom is -0.333 e. The van der Waals surface area contributed by atoms with Crippen molar-refractivity contribution in [1.82, 2.24) is 9.97 Å². The first-order valence-electron chi connectivity index (χ1n) is 9.83. The first-order valence-corrected chi connectivity index (χ1v) is 12.7. The zero-order valence-electron chi connectivity index (χ0n) is 17.5. The van der Waals surface area contributed by atoms with Crippen LogP contribution in [0.5, 0.6) is 0 Å². The van der Waals surface area contributed by atoms with E-state index < -0.39 is 10.0 Å². The van der Waals surface area contributed by atoms with Crippen molar-refractivity contribution in [3.05, 3.63) is 83.4 Å². The molecule has 1 aromatic heterocycles. The second-order valence-electron chi connectivity index (χ2n) is 7.40. The molecule has 3 N–H and O–H groups in total. The van der Waals surface area contributed by atoms with E-state index in [9.17, 15) is 13.2 Å². The van der Waals surface area contributed by atoms with Gasteiger partial charge in [-0.2, -0.15) is 0 Å². The number of imidazole rings is 1. The number of anilines is 2. The van der Waals surface area contributed by atoms with E-state index in [2.05, 4.69) is 20.0 Å². The van der Waals surface area contributed by atoms with Crippen LogP contribution in [0.15, 0.2) is 71.9 Å². The highest BCUT2D eigenvalue weighted by atomic mass is 32.2. The Morgan fingerprint density at radius 2 is 1.81 bits per heavy atom. The summed E-state index contributed by atoms with van der Waals surface area (Å²) in [6.07, 6.45) is 1.09. The maximum atomic E-state index is 12.6. The van der Waals surface area contributed by atoms with Gasteiger partial charge in [0.15, 0.2) is 5.16 Å². The lowest BCUT2D eigenvalue weighted by molar-refractivity contribution is 0.102. The van der Waals surface area contributed by atoms with Gasteiger partial charge in [0.2, 0.25) is 10.0 Å². The molecule has 1 amide bonds. The summed E-state index contributed by atoms with van der Waals surface area (Å²) in [4.78, 5) is 20.5. The summed E-state index contributed by atoms with van der Waals surface area (Å²) in [5.41, 5.74) is 5.24. The molecule has 4 rings (SSSR count). The molecule has 0 radical (unpaired) electrons. The second kappa shape index (κ2) is 9.05. The number of sulfonamides is 1. The smallest absolute Gasteiger partial charge is 0.255 e. The Kier molecular flexibility index (Phi) is 6.20. The molecule has 9 heteroatoms. The van der Waals surface area contributed by atoms with E-state index in [0.717, 1.165) is 39.3 Å². The summed E-state index contributed by atoms with van der Waals surface area (Å²) in [6.45, 7) is 1.79. The molecule has 0 bridgehead atoms. The van der Waals surface area contributed by atoms with Crippen molar-refractivity contribution < 1.29 is 13.2 Å². The Hall–Kier alpha value is -3.30. The van der Waals surface area contributed by atoms with Gasteiger partial charge in [-0.1, -0.05) is 42.1 Å². The molecule has 7 nitrogen and oxygen atoms in total. The number of benzene rings is 3. The van der Waals surface area contributed by atoms with Gasteiger partial charge in [0, 0.05) is 17.0 Å². The van der Waals surface area contributed by atoms with Crippen molar-refractivity contribution in [3.8, 4) is 0 Å². The van der Waals surface area contributed by atoms with Crippen molar-refractivity contribution >= 4 is 50.1 Å². The molecule has 0 spiro atoms. The number of rotatable bonds is 7. The number of nitrogens with zero attached hydrogens (tertiary/aromatic N) is 1. The number of aromatic amines is 1. The molecular formula is C23H22N4O3S2. The van der Waals surface area contributed by atoms with Crippen LogP contribution in [-0.2, 0) is 15.8 Å². The number of carbonyl (C=O) groups is 1. The van der Waals surface area contributed by atoms with Crippen molar-refractivity contribution in [2.75, 3.05) is 16.3 Å². The van der Waals surface area contributed by atoms with E-state index in [1.165, 1.54) is 0 Å². The minimum absolute atomic E-state index is 0.268. The average Bonchev–Trinajstić information content (AvgIpc) is 3.17. The van der Waals surface area contributed by atoms with E-state index in [1.807, 2.05) is 36.4 Å². The summed E-state index contributed by atoms with van der Waals surface area (Å²) in [6, 6.07) is 20.4. The second-order valence-corrected chi connectivity index (χ2v) is 10.1. The van der Waals surface area contributed by atoms with Crippen LogP contribution >= 0.6 is 11.8 Å². The Morgan fingerprint density at radius 3 is 2.53 bits per heavy atom. The van der Waals surface area contributed by atoms with E-state index >= 15 is 0 Å². The van der Waals surface area contributed by atoms with E-state index in [0.29, 0.717) is 16.9 Å². The number of H-pyrrole nitrogens is 1. The highest BCUT2D eigenvalue weighted by molar-refractivity contribution is 7.98. The summed E-state index contributed by atoms with van der Waals surface area (Å²) < 4.78 is 25.5. The third-order valence-corrected chi connectivity index (χ3v) is 6.29. The minimum atomic E-state index is -3.41. The zero-order chi connectivity index (χ0) is 22.7. The number of hydrogen-bond donors (Lipinski definition) is 3. The highest BCUT2D eigenvalue weighted by Crippen LogP contribution is 2.24. The van der Waals surface area contributed by atoms with Gasteiger partial charge < -0.3 is 10.3 Å². The van der Waals surface area contributed by atoms with Crippen LogP contribution < -0.4 is 10.0 Å². The van der Waals surface area contributed by atoms with Crippen molar-refractivity contribution in [2.24, 2.45) is 0 Å². The fourth-order valence-electron chi connectivity index (χ4n) is 3.11. The van der Waals surface area contributed by atoms with Gasteiger partial charge in [0.05, 0.1) is 23.0 Å². The molecule has 0 saturated carbocycles. The molecule has 0 aliphatic carbocycles. The number of fused-ring (bicyclic) bond motifs is 1. The largest absolute Gasteiger partial charge is 0.333 e. The number of amides is 1. The molecule has 1 heterocycles. The lowest BCUT2D eigenvalue weighted by Gasteiger charge is -2.11. The standard InChI is InChI=1S/C23H22N4O3S2/c1-15-7-12-18(13-21(15)27-32(2,29)30)24-22(28)17-10-8-16(9-11-17)14-31-23-25-19-5-3-4-6-20(19)26-23/h3-13,27H,14H2,1-2H3,(H,24,28)(H,25,26). The molecule has 0 unspecified atom stereocenters. The van der Waals surface area contributed by atoms with Gasteiger partial charge in [0.1, 0.15) is 0 Å². The Bertz CT molecular complexity index is 1350. The number of carbonyl (C=O) groups excluding carboxylic acids is 1. The number of thioether (sulfide) groups is 1. The third kappa shape index (κ3) is 5.49. The summed E-state index contributed by atoms with van der Waals surface area (Å²) >= 11 is 1.60. The number of aryl methyl sites for hydroxylation is 1. The predicted molar refractivity (Wildman–Crippen MR) is 130 cm³/mol. The number of hydrogen-bond acceptors (Lipinski definition) is 5. The molecule has 0 atom stereocenters. The molecule has 32 heavy (non-hydrogen) atoms. The van der Waals surface area contributed by atoms with Crippen LogP contribution in [0.4, 0.5) is 11.4 Å². The molecule has 0 saturated heterocycles. The SMILES string of the molecule is Cc1ccc(NC(=O)c2ccc(CSc3nc4ccccc4[nH]3)cc2)cc1NS(C)(=O)=O. The van der Waals surface area contributed by atoms with Gasteiger partial charge >= 0.3 is 0 Å². The van der Waals surface area contributed by atoms with E-state index in [-0.39, 0.29) is 5.91 Å². The number of nitrogens with one attached hydrogen (secondary N) is 3. The number of aromatic nitrogens is 2. The predicted octanol–water partition coefficient (Wildman–Crippen LogP) is 4.79. The monoisotopic (exact) mass is 466 g/mol. The molecular weight excluding hydrogens is 444 g/mol. The van der Waals surface area contributed by atoms with Crippen LogP contribution in [0.25, 0.3) is 11.0 Å². The summed E-state index contributed by atoms with van der Waals surface area (Å²) in [5, 5.41) is 3.66. The normalized spacial score (nSPS) is 11.4. The van der Waals surface area contributed by atoms with Gasteiger partial charge in [-0.05, 0) is 54.4 Å². The first kappa shape index (κ1) is 21.9. The maximum Gasteiger partial charge on any atom is 0.255 e. The Balaban J connectivity index is 1.39. The molecule has 3 aromatic carbocycles. The van der Waals surface area contributed by atoms with Crippen molar-refractivity contribution in [2.45, 2.75) is 17.8 Å². The molecule has 0 aliphatic rings. The van der Waals surface area contributed by atoms with Gasteiger partial charge in [-0.3, -0.25) is 9.52 Å². The fraction of sp³-hybridized carbons (Fsp3) is 0.130. The Labute approximate surface area is 190 Å². The number of para-hydroxylation sites is 2. The molecule has 0 fully saturated rings. The lowest BCUT2D eigenvalue weighted by atomic mass is 10.1. The third-order valence-electron chi connectivity index (χ3n) is 4.75. The average molecular weight is 467 g/mol. The fourth-order valence-corrected chi connectivity index (χ4v) is 4.57. The van der Waals surface area contributed by atoms with Gasteiger partial charge in [0.25, 0.3) is 5.91 Å². The van der Waals surface area contributed by atoms with Crippen molar-refractivity contribution in [3.63, 3.8) is 0 Å². The Morgan fingerprint density at radius 1 is 1.06 bits per heavy atom. The van der Waals surface area contributed by atoms with E-state index in [4.69, 9.17) is 0 Å².